The maximum Gasteiger partial charge on any atom is 0.306 e. The molecule has 0 aromatic rings. The number of carbonyl (C=O) groups is 1. The first-order chi connectivity index (χ1) is 5.68. The van der Waals surface area contributed by atoms with Gasteiger partial charge in [-0.1, -0.05) is 0 Å². The first kappa shape index (κ1) is 8.01. The summed E-state index contributed by atoms with van der Waals surface area (Å²) in [7, 11) is 2.00. The van der Waals surface area contributed by atoms with Gasteiger partial charge in [0.1, 0.15) is 6.23 Å². The molecule has 12 heavy (non-hydrogen) atoms. The number of ether oxygens (including phenoxy) is 1. The highest BCUT2D eigenvalue weighted by molar-refractivity contribution is 5.70. The van der Waals surface area contributed by atoms with Crippen molar-refractivity contribution in [1.29, 1.82) is 0 Å². The molecule has 0 saturated carbocycles. The number of aliphatic carboxylic acids is 1. The van der Waals surface area contributed by atoms with Crippen LogP contribution in [0.2, 0.25) is 0 Å². The topological polar surface area (TPSA) is 49.8 Å². The van der Waals surface area contributed by atoms with E-state index in [0.717, 1.165) is 6.42 Å². The Balaban J connectivity index is 2.07. The van der Waals surface area contributed by atoms with Gasteiger partial charge in [0.25, 0.3) is 0 Å². The number of piperidine rings is 1. The zero-order valence-electron chi connectivity index (χ0n) is 7.06. The van der Waals surface area contributed by atoms with Gasteiger partial charge >= 0.3 is 5.97 Å². The van der Waals surface area contributed by atoms with E-state index in [1.165, 1.54) is 0 Å². The van der Waals surface area contributed by atoms with E-state index in [9.17, 15) is 4.79 Å². The summed E-state index contributed by atoms with van der Waals surface area (Å²) in [5.41, 5.74) is 0. The quantitative estimate of drug-likeness (QED) is 0.609. The smallest absolute Gasteiger partial charge is 0.306 e. The molecular formula is C8H13NO3. The van der Waals surface area contributed by atoms with E-state index in [4.69, 9.17) is 9.84 Å². The summed E-state index contributed by atoms with van der Waals surface area (Å²) in [4.78, 5) is 12.8. The molecule has 0 radical (unpaired) electrons. The van der Waals surface area contributed by atoms with E-state index in [-0.39, 0.29) is 12.1 Å². The first-order valence-electron chi connectivity index (χ1n) is 4.25. The number of rotatable bonds is 1. The van der Waals surface area contributed by atoms with Crippen molar-refractivity contribution in [2.24, 2.45) is 5.92 Å². The van der Waals surface area contributed by atoms with Crippen molar-refractivity contribution in [3.63, 3.8) is 0 Å². The lowest BCUT2D eigenvalue weighted by Crippen LogP contribution is -2.42. The van der Waals surface area contributed by atoms with Gasteiger partial charge in [-0.15, -0.1) is 0 Å². The summed E-state index contributed by atoms with van der Waals surface area (Å²) in [5.74, 6) is -0.873. The van der Waals surface area contributed by atoms with Crippen molar-refractivity contribution in [3.05, 3.63) is 0 Å². The van der Waals surface area contributed by atoms with Gasteiger partial charge in [0.15, 0.2) is 0 Å². The lowest BCUT2D eigenvalue weighted by molar-refractivity contribution is -0.145. The Morgan fingerprint density at radius 1 is 1.58 bits per heavy atom. The molecule has 2 bridgehead atoms. The molecule has 0 aliphatic carbocycles. The second kappa shape index (κ2) is 2.71. The third kappa shape index (κ3) is 1.11. The maximum absolute atomic E-state index is 10.7. The molecule has 2 saturated heterocycles. The van der Waals surface area contributed by atoms with E-state index in [0.29, 0.717) is 19.1 Å². The van der Waals surface area contributed by atoms with Crippen LogP contribution in [0.15, 0.2) is 0 Å². The van der Waals surface area contributed by atoms with E-state index in [1.54, 1.807) is 0 Å². The van der Waals surface area contributed by atoms with E-state index >= 15 is 0 Å². The number of carboxylic acid groups (broad SMARTS) is 1. The van der Waals surface area contributed by atoms with Gasteiger partial charge in [0.2, 0.25) is 0 Å². The van der Waals surface area contributed by atoms with Crippen molar-refractivity contribution >= 4 is 5.97 Å². The number of hydrogen-bond acceptors (Lipinski definition) is 3. The van der Waals surface area contributed by atoms with Gasteiger partial charge in [-0.05, 0) is 13.5 Å². The largest absolute Gasteiger partial charge is 0.481 e. The van der Waals surface area contributed by atoms with Crippen LogP contribution in [0.1, 0.15) is 12.8 Å². The average molecular weight is 171 g/mol. The van der Waals surface area contributed by atoms with E-state index < -0.39 is 5.97 Å². The highest BCUT2D eigenvalue weighted by Crippen LogP contribution is 2.32. The molecule has 0 spiro atoms. The summed E-state index contributed by atoms with van der Waals surface area (Å²) in [6, 6.07) is 0.324. The fourth-order valence-electron chi connectivity index (χ4n) is 2.03. The summed E-state index contributed by atoms with van der Waals surface area (Å²) in [6.45, 7) is 0.699. The molecule has 2 fully saturated rings. The molecule has 2 rings (SSSR count). The van der Waals surface area contributed by atoms with Gasteiger partial charge in [0.05, 0.1) is 12.5 Å². The fraction of sp³-hybridized carbons (Fsp3) is 0.875. The molecular weight excluding hydrogens is 158 g/mol. The van der Waals surface area contributed by atoms with Gasteiger partial charge in [-0.25, -0.2) is 0 Å². The molecule has 3 atom stereocenters. The number of fused-ring (bicyclic) bond motifs is 2. The monoisotopic (exact) mass is 171 g/mol. The van der Waals surface area contributed by atoms with E-state index in [2.05, 4.69) is 4.90 Å². The Morgan fingerprint density at radius 2 is 2.33 bits per heavy atom. The van der Waals surface area contributed by atoms with Crippen LogP contribution in [0, 0.1) is 5.92 Å². The van der Waals surface area contributed by atoms with E-state index in [1.807, 2.05) is 7.05 Å². The highest BCUT2D eigenvalue weighted by Gasteiger charge is 2.41. The number of likely N-dealkylation sites (N-methyl/N-ethyl adjacent to an activating group) is 1. The van der Waals surface area contributed by atoms with Crippen LogP contribution in [0.25, 0.3) is 0 Å². The Hall–Kier alpha value is -0.610. The second-order valence-electron chi connectivity index (χ2n) is 3.61. The van der Waals surface area contributed by atoms with Crippen LogP contribution in [0.4, 0.5) is 0 Å². The van der Waals surface area contributed by atoms with Gasteiger partial charge in [-0.2, -0.15) is 0 Å². The number of nitrogens with zero attached hydrogens (tertiary/aromatic N) is 1. The van der Waals surface area contributed by atoms with Gasteiger partial charge in [-0.3, -0.25) is 9.69 Å². The Bertz CT molecular complexity index is 192. The fourth-order valence-corrected chi connectivity index (χ4v) is 2.03. The van der Waals surface area contributed by atoms with Crippen LogP contribution in [-0.4, -0.2) is 41.9 Å². The maximum atomic E-state index is 10.7. The van der Waals surface area contributed by atoms with Gasteiger partial charge in [0, 0.05) is 12.5 Å². The van der Waals surface area contributed by atoms with Crippen molar-refractivity contribution < 1.29 is 14.6 Å². The lowest BCUT2D eigenvalue weighted by Gasteiger charge is -2.31. The molecule has 4 nitrogen and oxygen atoms in total. The minimum atomic E-state index is -0.677. The standard InChI is InChI=1S/C8H13NO3/c1-9-6-2-5(8(10)11)3-7(9)12-4-6/h5-7H,2-4H2,1H3,(H,10,11). The predicted octanol–water partition coefficient (Wildman–Crippen LogP) is 0.138. The number of hydrogen-bond donors (Lipinski definition) is 1. The molecule has 1 N–H and O–H groups in total. The average Bonchev–Trinajstić information content (AvgIpc) is 2.30. The van der Waals surface area contributed by atoms with Crippen molar-refractivity contribution in [1.82, 2.24) is 4.90 Å². The molecule has 2 heterocycles. The van der Waals surface area contributed by atoms with Crippen LogP contribution < -0.4 is 0 Å². The molecule has 68 valence electrons. The van der Waals surface area contributed by atoms with Crippen LogP contribution in [0.3, 0.4) is 0 Å². The molecule has 2 aliphatic rings. The van der Waals surface area contributed by atoms with Crippen molar-refractivity contribution in [2.45, 2.75) is 25.1 Å². The van der Waals surface area contributed by atoms with Gasteiger partial charge < -0.3 is 9.84 Å². The molecule has 0 aromatic carbocycles. The summed E-state index contributed by atoms with van der Waals surface area (Å²) in [6.07, 6.45) is 1.43. The highest BCUT2D eigenvalue weighted by atomic mass is 16.5. The van der Waals surface area contributed by atoms with Crippen LogP contribution in [-0.2, 0) is 9.53 Å². The number of carboxylic acids is 1. The molecule has 0 amide bonds. The minimum absolute atomic E-state index is 0.0462. The molecule has 4 heteroatoms. The molecule has 2 aliphatic heterocycles. The Labute approximate surface area is 71.1 Å². The molecule has 0 aromatic heterocycles. The normalized spacial score (nSPS) is 41.6. The Morgan fingerprint density at radius 3 is 2.92 bits per heavy atom. The third-order valence-corrected chi connectivity index (χ3v) is 2.90. The predicted molar refractivity (Wildman–Crippen MR) is 41.7 cm³/mol. The SMILES string of the molecule is CN1C2COC1CC(C(=O)O)C2. The zero-order valence-corrected chi connectivity index (χ0v) is 7.06. The summed E-state index contributed by atoms with van der Waals surface area (Å²) in [5, 5.41) is 8.81. The minimum Gasteiger partial charge on any atom is -0.481 e. The third-order valence-electron chi connectivity index (χ3n) is 2.90. The van der Waals surface area contributed by atoms with Crippen molar-refractivity contribution in [2.75, 3.05) is 13.7 Å². The van der Waals surface area contributed by atoms with Crippen LogP contribution in [0.5, 0.6) is 0 Å². The summed E-state index contributed by atoms with van der Waals surface area (Å²) < 4.78 is 5.43. The second-order valence-corrected chi connectivity index (χ2v) is 3.61. The zero-order chi connectivity index (χ0) is 8.72. The molecule has 3 unspecified atom stereocenters. The Kier molecular flexibility index (Phi) is 1.81. The van der Waals surface area contributed by atoms with Crippen LogP contribution >= 0.6 is 0 Å². The van der Waals surface area contributed by atoms with Crippen molar-refractivity contribution in [3.8, 4) is 0 Å². The first-order valence-corrected chi connectivity index (χ1v) is 4.25. The summed E-state index contributed by atoms with van der Waals surface area (Å²) >= 11 is 0. The lowest BCUT2D eigenvalue weighted by atomic mass is 9.92.